The smallest absolute Gasteiger partial charge is 0.254 e. The number of H-pyrrole nitrogens is 1. The van der Waals surface area contributed by atoms with Crippen LogP contribution < -0.4 is 5.56 Å². The highest BCUT2D eigenvalue weighted by molar-refractivity contribution is 5.18. The first kappa shape index (κ1) is 12.3. The molecular formula is C13H20N2O2. The number of aryl methyl sites for hydroxylation is 1. The Kier molecular flexibility index (Phi) is 3.33. The monoisotopic (exact) mass is 236 g/mol. The van der Waals surface area contributed by atoms with Crippen molar-refractivity contribution < 1.29 is 4.74 Å². The first-order valence-corrected chi connectivity index (χ1v) is 6.31. The fourth-order valence-electron chi connectivity index (χ4n) is 2.40. The number of nitrogens with zero attached hydrogens (tertiary/aromatic N) is 1. The zero-order chi connectivity index (χ0) is 12.5. The van der Waals surface area contributed by atoms with E-state index in [1.165, 1.54) is 0 Å². The Morgan fingerprint density at radius 1 is 1.47 bits per heavy atom. The summed E-state index contributed by atoms with van der Waals surface area (Å²) in [4.78, 5) is 19.3. The highest BCUT2D eigenvalue weighted by Crippen LogP contribution is 2.32. The van der Waals surface area contributed by atoms with E-state index in [9.17, 15) is 4.79 Å². The van der Waals surface area contributed by atoms with Crippen LogP contribution in [0.25, 0.3) is 0 Å². The Labute approximate surface area is 101 Å². The summed E-state index contributed by atoms with van der Waals surface area (Å²) in [5.74, 6) is 0.678. The van der Waals surface area contributed by atoms with Crippen LogP contribution in [0.1, 0.15) is 50.2 Å². The number of hydrogen-bond donors (Lipinski definition) is 1. The van der Waals surface area contributed by atoms with E-state index < -0.39 is 5.60 Å². The predicted octanol–water partition coefficient (Wildman–Crippen LogP) is 2.06. The largest absolute Gasteiger partial charge is 0.367 e. The molecule has 1 aliphatic rings. The third-order valence-electron chi connectivity index (χ3n) is 3.55. The zero-order valence-electron chi connectivity index (χ0n) is 10.8. The molecular weight excluding hydrogens is 216 g/mol. The SMILES string of the molecule is CCc1c(C)nc(C2(C)CCCCO2)[nH]c1=O. The van der Waals surface area contributed by atoms with Crippen LogP contribution in [0.15, 0.2) is 4.79 Å². The van der Waals surface area contributed by atoms with Gasteiger partial charge in [-0.2, -0.15) is 0 Å². The molecule has 1 N–H and O–H groups in total. The summed E-state index contributed by atoms with van der Waals surface area (Å²) in [5, 5.41) is 0. The average molecular weight is 236 g/mol. The van der Waals surface area contributed by atoms with Gasteiger partial charge < -0.3 is 9.72 Å². The van der Waals surface area contributed by atoms with Gasteiger partial charge in [-0.1, -0.05) is 6.92 Å². The lowest BCUT2D eigenvalue weighted by molar-refractivity contribution is -0.0763. The van der Waals surface area contributed by atoms with Crippen LogP contribution in [0, 0.1) is 6.92 Å². The summed E-state index contributed by atoms with van der Waals surface area (Å²) in [5.41, 5.74) is 1.15. The molecule has 1 atom stereocenters. The Morgan fingerprint density at radius 3 is 2.76 bits per heavy atom. The van der Waals surface area contributed by atoms with Gasteiger partial charge >= 0.3 is 0 Å². The molecule has 0 aliphatic carbocycles. The lowest BCUT2D eigenvalue weighted by atomic mass is 9.95. The van der Waals surface area contributed by atoms with E-state index in [-0.39, 0.29) is 5.56 Å². The van der Waals surface area contributed by atoms with Gasteiger partial charge in [-0.3, -0.25) is 4.79 Å². The molecule has 1 aromatic heterocycles. The zero-order valence-corrected chi connectivity index (χ0v) is 10.8. The molecule has 94 valence electrons. The van der Waals surface area contributed by atoms with Crippen molar-refractivity contribution in [2.75, 3.05) is 6.61 Å². The number of aromatic amines is 1. The number of hydrogen-bond acceptors (Lipinski definition) is 3. The van der Waals surface area contributed by atoms with Crippen molar-refractivity contribution in [3.63, 3.8) is 0 Å². The van der Waals surface area contributed by atoms with Crippen molar-refractivity contribution in [2.45, 2.75) is 52.1 Å². The molecule has 0 saturated carbocycles. The highest BCUT2D eigenvalue weighted by Gasteiger charge is 2.33. The second kappa shape index (κ2) is 4.61. The van der Waals surface area contributed by atoms with Gasteiger partial charge in [0.25, 0.3) is 5.56 Å². The van der Waals surface area contributed by atoms with Crippen molar-refractivity contribution in [3.05, 3.63) is 27.4 Å². The van der Waals surface area contributed by atoms with E-state index in [4.69, 9.17) is 4.74 Å². The van der Waals surface area contributed by atoms with E-state index >= 15 is 0 Å². The number of rotatable bonds is 2. The number of ether oxygens (including phenoxy) is 1. The number of nitrogens with one attached hydrogen (secondary N) is 1. The topological polar surface area (TPSA) is 55.0 Å². The fraction of sp³-hybridized carbons (Fsp3) is 0.692. The van der Waals surface area contributed by atoms with Gasteiger partial charge in [-0.05, 0) is 39.5 Å². The molecule has 4 nitrogen and oxygen atoms in total. The van der Waals surface area contributed by atoms with Crippen LogP contribution in [0.4, 0.5) is 0 Å². The molecule has 0 aromatic carbocycles. The quantitative estimate of drug-likeness (QED) is 0.855. The standard InChI is InChI=1S/C13H20N2O2/c1-4-10-9(2)14-12(15-11(10)16)13(3)7-5-6-8-17-13/h4-8H2,1-3H3,(H,14,15,16). The molecule has 1 unspecified atom stereocenters. The molecule has 4 heteroatoms. The fourth-order valence-corrected chi connectivity index (χ4v) is 2.40. The van der Waals surface area contributed by atoms with Crippen LogP contribution >= 0.6 is 0 Å². The molecule has 1 aromatic rings. The molecule has 1 saturated heterocycles. The normalized spacial score (nSPS) is 24.9. The first-order valence-electron chi connectivity index (χ1n) is 6.31. The van der Waals surface area contributed by atoms with E-state index in [1.807, 2.05) is 20.8 Å². The maximum absolute atomic E-state index is 11.9. The maximum atomic E-state index is 11.9. The number of aromatic nitrogens is 2. The maximum Gasteiger partial charge on any atom is 0.254 e. The minimum atomic E-state index is -0.422. The van der Waals surface area contributed by atoms with Gasteiger partial charge in [0.05, 0.1) is 0 Å². The third-order valence-corrected chi connectivity index (χ3v) is 3.55. The second-order valence-corrected chi connectivity index (χ2v) is 4.87. The van der Waals surface area contributed by atoms with Crippen LogP contribution in [-0.4, -0.2) is 16.6 Å². The van der Waals surface area contributed by atoms with E-state index in [2.05, 4.69) is 9.97 Å². The molecule has 1 aliphatic heterocycles. The van der Waals surface area contributed by atoms with Gasteiger partial charge in [0.2, 0.25) is 0 Å². The lowest BCUT2D eigenvalue weighted by Crippen LogP contribution is -2.35. The Balaban J connectivity index is 2.42. The average Bonchev–Trinajstić information content (AvgIpc) is 2.29. The van der Waals surface area contributed by atoms with Crippen molar-refractivity contribution >= 4 is 0 Å². The summed E-state index contributed by atoms with van der Waals surface area (Å²) in [7, 11) is 0. The Bertz CT molecular complexity index is 459. The van der Waals surface area contributed by atoms with Crippen molar-refractivity contribution in [3.8, 4) is 0 Å². The summed E-state index contributed by atoms with van der Waals surface area (Å²) < 4.78 is 5.80. The van der Waals surface area contributed by atoms with Crippen molar-refractivity contribution in [1.29, 1.82) is 0 Å². The first-order chi connectivity index (χ1) is 8.07. The minimum Gasteiger partial charge on any atom is -0.367 e. The van der Waals surface area contributed by atoms with Crippen LogP contribution in [0.5, 0.6) is 0 Å². The van der Waals surface area contributed by atoms with Gasteiger partial charge in [0.15, 0.2) is 0 Å². The van der Waals surface area contributed by atoms with Crippen LogP contribution in [0.2, 0.25) is 0 Å². The summed E-state index contributed by atoms with van der Waals surface area (Å²) in [6.07, 6.45) is 3.84. The van der Waals surface area contributed by atoms with Gasteiger partial charge in [0.1, 0.15) is 11.4 Å². The van der Waals surface area contributed by atoms with E-state index in [1.54, 1.807) is 0 Å². The molecule has 2 heterocycles. The van der Waals surface area contributed by atoms with E-state index in [0.29, 0.717) is 12.2 Å². The molecule has 0 spiro atoms. The van der Waals surface area contributed by atoms with Gasteiger partial charge in [-0.15, -0.1) is 0 Å². The summed E-state index contributed by atoms with van der Waals surface area (Å²) in [6.45, 7) is 6.62. The minimum absolute atomic E-state index is 0.0228. The molecule has 2 rings (SSSR count). The molecule has 1 fully saturated rings. The summed E-state index contributed by atoms with van der Waals surface area (Å²) >= 11 is 0. The molecule has 0 amide bonds. The van der Waals surface area contributed by atoms with Gasteiger partial charge in [-0.25, -0.2) is 4.98 Å². The third kappa shape index (κ3) is 2.27. The highest BCUT2D eigenvalue weighted by atomic mass is 16.5. The van der Waals surface area contributed by atoms with E-state index in [0.717, 1.165) is 37.1 Å². The van der Waals surface area contributed by atoms with Crippen molar-refractivity contribution in [2.24, 2.45) is 0 Å². The molecule has 0 bridgehead atoms. The van der Waals surface area contributed by atoms with Crippen LogP contribution in [-0.2, 0) is 16.8 Å². The lowest BCUT2D eigenvalue weighted by Gasteiger charge is -2.32. The molecule has 17 heavy (non-hydrogen) atoms. The summed E-state index contributed by atoms with van der Waals surface area (Å²) in [6, 6.07) is 0. The van der Waals surface area contributed by atoms with Crippen LogP contribution in [0.3, 0.4) is 0 Å². The van der Waals surface area contributed by atoms with Gasteiger partial charge in [0, 0.05) is 17.9 Å². The Morgan fingerprint density at radius 2 is 2.24 bits per heavy atom. The second-order valence-electron chi connectivity index (χ2n) is 4.87. The Hall–Kier alpha value is -1.16. The van der Waals surface area contributed by atoms with Crippen molar-refractivity contribution in [1.82, 2.24) is 9.97 Å². The molecule has 0 radical (unpaired) electrons. The predicted molar refractivity (Wildman–Crippen MR) is 66.1 cm³/mol.